The standard InChI is InChI=1S/C20H26N4O4S/c1-28-15-18(25)22-10-8-20(9-11-22)19-21-14-17(16-6-4-3-5-7-16)23(19)12-13-24(20)29(2,26)27/h3-7,14H,8-13,15H2,1-2H3. The van der Waals surface area contributed by atoms with E-state index in [4.69, 9.17) is 9.72 Å². The summed E-state index contributed by atoms with van der Waals surface area (Å²) in [5, 5.41) is 0. The highest BCUT2D eigenvalue weighted by atomic mass is 32.2. The van der Waals surface area contributed by atoms with Crippen molar-refractivity contribution < 1.29 is 17.9 Å². The van der Waals surface area contributed by atoms with Crippen molar-refractivity contribution >= 4 is 15.9 Å². The maximum atomic E-state index is 12.7. The third kappa shape index (κ3) is 3.47. The minimum Gasteiger partial charge on any atom is -0.375 e. The van der Waals surface area contributed by atoms with Gasteiger partial charge in [0.1, 0.15) is 12.4 Å². The Bertz CT molecular complexity index is 995. The molecule has 0 bridgehead atoms. The first-order valence-electron chi connectivity index (χ1n) is 9.73. The number of amides is 1. The van der Waals surface area contributed by atoms with Crippen LogP contribution in [-0.2, 0) is 31.6 Å². The van der Waals surface area contributed by atoms with E-state index in [1.165, 1.54) is 13.4 Å². The molecule has 1 aromatic heterocycles. The van der Waals surface area contributed by atoms with Gasteiger partial charge in [-0.15, -0.1) is 0 Å². The van der Waals surface area contributed by atoms with Crippen LogP contribution >= 0.6 is 0 Å². The Hall–Kier alpha value is -2.23. The highest BCUT2D eigenvalue weighted by Gasteiger charge is 2.51. The molecule has 9 heteroatoms. The second-order valence-electron chi connectivity index (χ2n) is 7.67. The number of likely N-dealkylation sites (tertiary alicyclic amines) is 1. The summed E-state index contributed by atoms with van der Waals surface area (Å²) in [4.78, 5) is 18.7. The van der Waals surface area contributed by atoms with E-state index in [1.54, 1.807) is 9.21 Å². The van der Waals surface area contributed by atoms with Crippen molar-refractivity contribution in [3.8, 4) is 11.3 Å². The molecule has 156 valence electrons. The third-order valence-corrected chi connectivity index (χ3v) is 7.29. The van der Waals surface area contributed by atoms with Crippen LogP contribution < -0.4 is 0 Å². The number of hydrogen-bond acceptors (Lipinski definition) is 5. The first kappa shape index (κ1) is 20.1. The van der Waals surface area contributed by atoms with E-state index in [0.717, 1.165) is 17.1 Å². The molecule has 0 atom stereocenters. The van der Waals surface area contributed by atoms with Gasteiger partial charge in [-0.1, -0.05) is 30.3 Å². The predicted molar refractivity (Wildman–Crippen MR) is 109 cm³/mol. The van der Waals surface area contributed by atoms with Crippen LogP contribution in [0.25, 0.3) is 11.3 Å². The van der Waals surface area contributed by atoms with Gasteiger partial charge in [-0.3, -0.25) is 4.79 Å². The topological polar surface area (TPSA) is 84.7 Å². The number of ether oxygens (including phenoxy) is 1. The van der Waals surface area contributed by atoms with Gasteiger partial charge in [0.2, 0.25) is 15.9 Å². The number of rotatable bonds is 4. The van der Waals surface area contributed by atoms with E-state index >= 15 is 0 Å². The third-order valence-electron chi connectivity index (χ3n) is 5.96. The number of methoxy groups -OCH3 is 1. The normalized spacial score (nSPS) is 19.3. The van der Waals surface area contributed by atoms with E-state index in [1.807, 2.05) is 36.5 Å². The number of hydrogen-bond donors (Lipinski definition) is 0. The van der Waals surface area contributed by atoms with E-state index in [0.29, 0.717) is 39.0 Å². The Balaban J connectivity index is 1.73. The monoisotopic (exact) mass is 418 g/mol. The number of fused-ring (bicyclic) bond motifs is 2. The van der Waals surface area contributed by atoms with Crippen LogP contribution in [0.1, 0.15) is 18.7 Å². The number of piperidine rings is 1. The summed E-state index contributed by atoms with van der Waals surface area (Å²) in [7, 11) is -1.93. The van der Waals surface area contributed by atoms with Gasteiger partial charge in [0.15, 0.2) is 0 Å². The minimum atomic E-state index is -3.43. The van der Waals surface area contributed by atoms with Crippen molar-refractivity contribution in [1.82, 2.24) is 18.8 Å². The van der Waals surface area contributed by atoms with Gasteiger partial charge < -0.3 is 14.2 Å². The zero-order chi connectivity index (χ0) is 20.6. The van der Waals surface area contributed by atoms with Crippen LogP contribution in [-0.4, -0.2) is 72.7 Å². The molecular formula is C20H26N4O4S. The number of nitrogens with zero attached hydrogens (tertiary/aromatic N) is 4. The summed E-state index contributed by atoms with van der Waals surface area (Å²) >= 11 is 0. The van der Waals surface area contributed by atoms with E-state index < -0.39 is 15.6 Å². The zero-order valence-corrected chi connectivity index (χ0v) is 17.6. The molecule has 1 saturated heterocycles. The number of sulfonamides is 1. The minimum absolute atomic E-state index is 0.0373. The summed E-state index contributed by atoms with van der Waals surface area (Å²) in [5.74, 6) is 0.698. The fourth-order valence-electron chi connectivity index (χ4n) is 4.63. The van der Waals surface area contributed by atoms with Crippen LogP contribution in [0.5, 0.6) is 0 Å². The molecule has 1 aromatic carbocycles. The van der Waals surface area contributed by atoms with Crippen molar-refractivity contribution in [2.24, 2.45) is 0 Å². The van der Waals surface area contributed by atoms with Gasteiger partial charge in [-0.25, -0.2) is 13.4 Å². The molecule has 2 aromatic rings. The SMILES string of the molecule is COCC(=O)N1CCC2(CC1)c1ncc(-c3ccccc3)n1CCN2S(C)(=O)=O. The van der Waals surface area contributed by atoms with Crippen molar-refractivity contribution in [1.29, 1.82) is 0 Å². The van der Waals surface area contributed by atoms with Gasteiger partial charge in [0, 0.05) is 33.3 Å². The fraction of sp³-hybridized carbons (Fsp3) is 0.500. The molecule has 2 aliphatic heterocycles. The van der Waals surface area contributed by atoms with Crippen LogP contribution in [0.4, 0.5) is 0 Å². The molecule has 0 aliphatic carbocycles. The van der Waals surface area contributed by atoms with Gasteiger partial charge in [0.25, 0.3) is 0 Å². The summed E-state index contributed by atoms with van der Waals surface area (Å²) in [5.41, 5.74) is 1.32. The van der Waals surface area contributed by atoms with Crippen LogP contribution in [0.3, 0.4) is 0 Å². The maximum absolute atomic E-state index is 12.7. The summed E-state index contributed by atoms with van der Waals surface area (Å²) < 4.78 is 34.0. The Kier molecular flexibility index (Phi) is 5.22. The molecule has 1 fully saturated rings. The Morgan fingerprint density at radius 3 is 2.45 bits per heavy atom. The predicted octanol–water partition coefficient (Wildman–Crippen LogP) is 1.29. The van der Waals surface area contributed by atoms with Gasteiger partial charge >= 0.3 is 0 Å². The van der Waals surface area contributed by atoms with E-state index in [9.17, 15) is 13.2 Å². The number of carbonyl (C=O) groups excluding carboxylic acids is 1. The lowest BCUT2D eigenvalue weighted by Crippen LogP contribution is -2.60. The molecular weight excluding hydrogens is 392 g/mol. The number of imidazole rings is 1. The van der Waals surface area contributed by atoms with Gasteiger partial charge in [0.05, 0.1) is 23.7 Å². The van der Waals surface area contributed by atoms with Crippen LogP contribution in [0.2, 0.25) is 0 Å². The maximum Gasteiger partial charge on any atom is 0.248 e. The van der Waals surface area contributed by atoms with E-state index in [2.05, 4.69) is 4.57 Å². The molecule has 29 heavy (non-hydrogen) atoms. The van der Waals surface area contributed by atoms with Crippen LogP contribution in [0, 0.1) is 0 Å². The molecule has 4 rings (SSSR count). The molecule has 1 amide bonds. The number of benzene rings is 1. The molecule has 0 radical (unpaired) electrons. The summed E-state index contributed by atoms with van der Waals surface area (Å²) in [6.45, 7) is 1.94. The molecule has 0 saturated carbocycles. The Morgan fingerprint density at radius 2 is 1.83 bits per heavy atom. The second-order valence-corrected chi connectivity index (χ2v) is 9.57. The zero-order valence-electron chi connectivity index (χ0n) is 16.7. The largest absolute Gasteiger partial charge is 0.375 e. The highest BCUT2D eigenvalue weighted by Crippen LogP contribution is 2.43. The molecule has 3 heterocycles. The first-order valence-corrected chi connectivity index (χ1v) is 11.6. The lowest BCUT2D eigenvalue weighted by atomic mass is 9.85. The summed E-state index contributed by atoms with van der Waals surface area (Å²) in [6, 6.07) is 10.0. The number of carbonyl (C=O) groups is 1. The van der Waals surface area contributed by atoms with E-state index in [-0.39, 0.29) is 12.5 Å². The molecule has 0 N–H and O–H groups in total. The average Bonchev–Trinajstić information content (AvgIpc) is 3.14. The van der Waals surface area contributed by atoms with Crippen molar-refractivity contribution in [2.75, 3.05) is 39.6 Å². The van der Waals surface area contributed by atoms with Crippen molar-refractivity contribution in [2.45, 2.75) is 24.9 Å². The van der Waals surface area contributed by atoms with Crippen LogP contribution in [0.15, 0.2) is 36.5 Å². The van der Waals surface area contributed by atoms with Gasteiger partial charge in [-0.05, 0) is 18.4 Å². The molecule has 8 nitrogen and oxygen atoms in total. The lowest BCUT2D eigenvalue weighted by Gasteiger charge is -2.49. The second kappa shape index (κ2) is 7.55. The molecule has 2 aliphatic rings. The first-order chi connectivity index (χ1) is 13.9. The van der Waals surface area contributed by atoms with Crippen molar-refractivity contribution in [3.05, 3.63) is 42.4 Å². The van der Waals surface area contributed by atoms with Gasteiger partial charge in [-0.2, -0.15) is 4.31 Å². The number of aromatic nitrogens is 2. The fourth-order valence-corrected chi connectivity index (χ4v) is 5.94. The summed E-state index contributed by atoms with van der Waals surface area (Å²) in [6.07, 6.45) is 4.12. The highest BCUT2D eigenvalue weighted by molar-refractivity contribution is 7.88. The molecule has 0 unspecified atom stereocenters. The van der Waals surface area contributed by atoms with Crippen molar-refractivity contribution in [3.63, 3.8) is 0 Å². The lowest BCUT2D eigenvalue weighted by molar-refractivity contribution is -0.137. The Morgan fingerprint density at radius 1 is 1.14 bits per heavy atom. The molecule has 1 spiro atoms. The quantitative estimate of drug-likeness (QED) is 0.747. The Labute approximate surface area is 171 Å². The average molecular weight is 419 g/mol. The smallest absolute Gasteiger partial charge is 0.248 e.